The summed E-state index contributed by atoms with van der Waals surface area (Å²) in [7, 11) is 0. The molecule has 0 saturated carbocycles. The maximum Gasteiger partial charge on any atom is 0.273 e. The fourth-order valence-corrected chi connectivity index (χ4v) is 1.94. The highest BCUT2D eigenvalue weighted by atomic mass is 16.5. The second kappa shape index (κ2) is 9.00. The SMILES string of the molecule is CCCCOCCCNC(=O)c1cc(-c2ccccc2)on1. The smallest absolute Gasteiger partial charge is 0.273 e. The van der Waals surface area contributed by atoms with E-state index >= 15 is 0 Å². The van der Waals surface area contributed by atoms with Gasteiger partial charge in [0.15, 0.2) is 11.5 Å². The Labute approximate surface area is 130 Å². The third-order valence-electron chi connectivity index (χ3n) is 3.19. The number of hydrogen-bond donors (Lipinski definition) is 1. The number of benzene rings is 1. The van der Waals surface area contributed by atoms with Crippen LogP contribution in [0.2, 0.25) is 0 Å². The predicted molar refractivity (Wildman–Crippen MR) is 84.6 cm³/mol. The highest BCUT2D eigenvalue weighted by molar-refractivity contribution is 5.93. The Morgan fingerprint density at radius 2 is 2.00 bits per heavy atom. The Kier molecular flexibility index (Phi) is 6.64. The van der Waals surface area contributed by atoms with Gasteiger partial charge in [-0.2, -0.15) is 0 Å². The average molecular weight is 302 g/mol. The Morgan fingerprint density at radius 3 is 2.77 bits per heavy atom. The van der Waals surface area contributed by atoms with E-state index in [2.05, 4.69) is 17.4 Å². The average Bonchev–Trinajstić information content (AvgIpc) is 3.05. The van der Waals surface area contributed by atoms with Gasteiger partial charge in [-0.25, -0.2) is 0 Å². The van der Waals surface area contributed by atoms with Crippen LogP contribution in [0.4, 0.5) is 0 Å². The second-order valence-corrected chi connectivity index (χ2v) is 5.02. The molecule has 0 fully saturated rings. The monoisotopic (exact) mass is 302 g/mol. The zero-order valence-electron chi connectivity index (χ0n) is 12.9. The van der Waals surface area contributed by atoms with Crippen LogP contribution in [0.15, 0.2) is 40.9 Å². The molecule has 118 valence electrons. The molecule has 5 nitrogen and oxygen atoms in total. The van der Waals surface area contributed by atoms with Gasteiger partial charge >= 0.3 is 0 Å². The van der Waals surface area contributed by atoms with Gasteiger partial charge in [0.05, 0.1) is 0 Å². The third-order valence-corrected chi connectivity index (χ3v) is 3.19. The first-order valence-electron chi connectivity index (χ1n) is 7.69. The lowest BCUT2D eigenvalue weighted by Crippen LogP contribution is -2.25. The molecule has 2 rings (SSSR count). The van der Waals surface area contributed by atoms with E-state index in [1.165, 1.54) is 0 Å². The summed E-state index contributed by atoms with van der Waals surface area (Å²) in [5.74, 6) is 0.369. The molecule has 0 radical (unpaired) electrons. The topological polar surface area (TPSA) is 64.4 Å². The number of carbonyl (C=O) groups excluding carboxylic acids is 1. The molecular formula is C17H22N2O3. The molecule has 0 spiro atoms. The Morgan fingerprint density at radius 1 is 1.23 bits per heavy atom. The van der Waals surface area contributed by atoms with E-state index in [1.54, 1.807) is 6.07 Å². The molecule has 1 N–H and O–H groups in total. The van der Waals surface area contributed by atoms with Crippen LogP contribution in [0.1, 0.15) is 36.7 Å². The summed E-state index contributed by atoms with van der Waals surface area (Å²) in [5.41, 5.74) is 1.20. The van der Waals surface area contributed by atoms with Gasteiger partial charge in [-0.3, -0.25) is 4.79 Å². The summed E-state index contributed by atoms with van der Waals surface area (Å²) in [6.45, 7) is 4.15. The van der Waals surface area contributed by atoms with Gasteiger partial charge in [-0.05, 0) is 12.8 Å². The standard InChI is InChI=1S/C17H22N2O3/c1-2-3-11-21-12-7-10-18-17(20)15-13-16(22-19-15)14-8-5-4-6-9-14/h4-6,8-9,13H,2-3,7,10-12H2,1H3,(H,18,20). The highest BCUT2D eigenvalue weighted by Crippen LogP contribution is 2.19. The van der Waals surface area contributed by atoms with Gasteiger partial charge < -0.3 is 14.6 Å². The number of ether oxygens (including phenoxy) is 1. The van der Waals surface area contributed by atoms with E-state index in [0.717, 1.165) is 31.4 Å². The number of rotatable bonds is 9. The molecule has 1 aromatic heterocycles. The van der Waals surface area contributed by atoms with Crippen LogP contribution >= 0.6 is 0 Å². The lowest BCUT2D eigenvalue weighted by Gasteiger charge is -2.04. The van der Waals surface area contributed by atoms with Gasteiger partial charge in [0.1, 0.15) is 0 Å². The normalized spacial score (nSPS) is 10.6. The molecule has 1 amide bonds. The minimum Gasteiger partial charge on any atom is -0.381 e. The number of unbranched alkanes of at least 4 members (excludes halogenated alkanes) is 1. The van der Waals surface area contributed by atoms with Crippen molar-refractivity contribution in [3.8, 4) is 11.3 Å². The summed E-state index contributed by atoms with van der Waals surface area (Å²) in [4.78, 5) is 12.0. The fourth-order valence-electron chi connectivity index (χ4n) is 1.94. The first-order valence-corrected chi connectivity index (χ1v) is 7.69. The Balaban J connectivity index is 1.73. The molecule has 1 aromatic carbocycles. The quantitative estimate of drug-likeness (QED) is 0.722. The van der Waals surface area contributed by atoms with Crippen molar-refractivity contribution in [3.05, 3.63) is 42.1 Å². The van der Waals surface area contributed by atoms with Crippen LogP contribution in [0.25, 0.3) is 11.3 Å². The van der Waals surface area contributed by atoms with E-state index in [0.29, 0.717) is 24.6 Å². The third kappa shape index (κ3) is 5.00. The lowest BCUT2D eigenvalue weighted by atomic mass is 10.1. The van der Waals surface area contributed by atoms with Crippen LogP contribution in [-0.4, -0.2) is 30.8 Å². The Hall–Kier alpha value is -2.14. The molecule has 0 atom stereocenters. The first-order chi connectivity index (χ1) is 10.8. The molecule has 22 heavy (non-hydrogen) atoms. The van der Waals surface area contributed by atoms with Gasteiger partial charge in [-0.15, -0.1) is 0 Å². The van der Waals surface area contributed by atoms with Gasteiger partial charge in [0.25, 0.3) is 5.91 Å². The van der Waals surface area contributed by atoms with E-state index < -0.39 is 0 Å². The molecule has 0 aliphatic heterocycles. The molecule has 2 aromatic rings. The van der Waals surface area contributed by atoms with Crippen LogP contribution in [0.5, 0.6) is 0 Å². The van der Waals surface area contributed by atoms with Crippen molar-refractivity contribution in [2.24, 2.45) is 0 Å². The molecule has 5 heteroatoms. The number of nitrogens with one attached hydrogen (secondary N) is 1. The van der Waals surface area contributed by atoms with Gasteiger partial charge in [0.2, 0.25) is 0 Å². The largest absolute Gasteiger partial charge is 0.381 e. The number of aromatic nitrogens is 1. The van der Waals surface area contributed by atoms with E-state index in [9.17, 15) is 4.79 Å². The van der Waals surface area contributed by atoms with E-state index in [-0.39, 0.29) is 5.91 Å². The maximum absolute atomic E-state index is 12.0. The van der Waals surface area contributed by atoms with Crippen molar-refractivity contribution >= 4 is 5.91 Å². The van der Waals surface area contributed by atoms with Crippen LogP contribution in [0.3, 0.4) is 0 Å². The highest BCUT2D eigenvalue weighted by Gasteiger charge is 2.12. The number of hydrogen-bond acceptors (Lipinski definition) is 4. The summed E-state index contributed by atoms with van der Waals surface area (Å²) in [6, 6.07) is 11.2. The molecule has 0 aliphatic carbocycles. The minimum absolute atomic E-state index is 0.223. The van der Waals surface area contributed by atoms with Gasteiger partial charge in [0, 0.05) is 31.4 Å². The zero-order valence-corrected chi connectivity index (χ0v) is 12.9. The van der Waals surface area contributed by atoms with Gasteiger partial charge in [-0.1, -0.05) is 48.8 Å². The first kappa shape index (κ1) is 16.2. The summed E-state index contributed by atoms with van der Waals surface area (Å²) < 4.78 is 10.6. The molecule has 0 bridgehead atoms. The number of carbonyl (C=O) groups is 1. The zero-order chi connectivity index (χ0) is 15.6. The molecule has 0 unspecified atom stereocenters. The molecule has 0 aliphatic rings. The van der Waals surface area contributed by atoms with Crippen LogP contribution in [-0.2, 0) is 4.74 Å². The summed E-state index contributed by atoms with van der Waals surface area (Å²) in [5, 5.41) is 6.63. The molecule has 0 saturated heterocycles. The molecule has 1 heterocycles. The fraction of sp³-hybridized carbons (Fsp3) is 0.412. The Bertz CT molecular complexity index is 566. The number of amides is 1. The van der Waals surface area contributed by atoms with Crippen molar-refractivity contribution in [1.29, 1.82) is 0 Å². The van der Waals surface area contributed by atoms with Crippen molar-refractivity contribution in [1.82, 2.24) is 10.5 Å². The van der Waals surface area contributed by atoms with Crippen LogP contribution < -0.4 is 5.32 Å². The predicted octanol–water partition coefficient (Wildman–Crippen LogP) is 3.28. The van der Waals surface area contributed by atoms with Crippen LogP contribution in [0, 0.1) is 0 Å². The van der Waals surface area contributed by atoms with E-state index in [1.807, 2.05) is 30.3 Å². The minimum atomic E-state index is -0.223. The summed E-state index contributed by atoms with van der Waals surface area (Å²) >= 11 is 0. The maximum atomic E-state index is 12.0. The lowest BCUT2D eigenvalue weighted by molar-refractivity contribution is 0.0931. The second-order valence-electron chi connectivity index (χ2n) is 5.02. The van der Waals surface area contributed by atoms with Crippen molar-refractivity contribution in [3.63, 3.8) is 0 Å². The summed E-state index contributed by atoms with van der Waals surface area (Å²) in [6.07, 6.45) is 3.00. The van der Waals surface area contributed by atoms with Crippen molar-refractivity contribution < 1.29 is 14.1 Å². The van der Waals surface area contributed by atoms with Crippen molar-refractivity contribution in [2.75, 3.05) is 19.8 Å². The van der Waals surface area contributed by atoms with Crippen molar-refractivity contribution in [2.45, 2.75) is 26.2 Å². The number of nitrogens with zero attached hydrogens (tertiary/aromatic N) is 1. The molecular weight excluding hydrogens is 280 g/mol. The van der Waals surface area contributed by atoms with E-state index in [4.69, 9.17) is 9.26 Å².